The molecule has 0 N–H and O–H groups in total. The molecule has 0 bridgehead atoms. The van der Waals surface area contributed by atoms with Gasteiger partial charge in [0.25, 0.3) is 5.91 Å². The quantitative estimate of drug-likeness (QED) is 0.545. The first-order valence-electron chi connectivity index (χ1n) is 11.2. The van der Waals surface area contributed by atoms with Crippen LogP contribution in [0.2, 0.25) is 0 Å². The molecule has 3 heterocycles. The average Bonchev–Trinajstić information content (AvgIpc) is 3.48. The average molecular weight is 453 g/mol. The highest BCUT2D eigenvalue weighted by molar-refractivity contribution is 6.13. The maximum absolute atomic E-state index is 13.7. The van der Waals surface area contributed by atoms with Gasteiger partial charge in [0.15, 0.2) is 17.2 Å². The second-order valence-corrected chi connectivity index (χ2v) is 7.97. The van der Waals surface area contributed by atoms with Crippen molar-refractivity contribution in [2.45, 2.75) is 13.5 Å². The molecule has 0 aliphatic carbocycles. The van der Waals surface area contributed by atoms with Gasteiger partial charge in [-0.25, -0.2) is 0 Å². The maximum Gasteiger partial charge on any atom is 0.279 e. The Morgan fingerprint density at radius 1 is 1.12 bits per heavy atom. The number of morpholine rings is 1. The van der Waals surface area contributed by atoms with Crippen LogP contribution >= 0.6 is 0 Å². The first-order valence-corrected chi connectivity index (χ1v) is 11.2. The van der Waals surface area contributed by atoms with Gasteiger partial charge in [-0.15, -0.1) is 0 Å². The summed E-state index contributed by atoms with van der Waals surface area (Å²) in [6.45, 7) is 7.39. The van der Waals surface area contributed by atoms with Gasteiger partial charge >= 0.3 is 0 Å². The van der Waals surface area contributed by atoms with Gasteiger partial charge in [-0.3, -0.25) is 14.4 Å². The third-order valence-electron chi connectivity index (χ3n) is 6.12. The van der Waals surface area contributed by atoms with E-state index < -0.39 is 0 Å². The molecule has 0 unspecified atom stereocenters. The van der Waals surface area contributed by atoms with Crippen molar-refractivity contribution >= 4 is 22.5 Å². The van der Waals surface area contributed by atoms with E-state index in [2.05, 4.69) is 4.90 Å². The van der Waals surface area contributed by atoms with Crippen LogP contribution in [0.25, 0.3) is 10.9 Å². The summed E-state index contributed by atoms with van der Waals surface area (Å²) in [5, 5.41) is 5.56. The van der Waals surface area contributed by atoms with Crippen LogP contribution in [-0.4, -0.2) is 73.9 Å². The highest BCUT2D eigenvalue weighted by atomic mass is 16.7. The van der Waals surface area contributed by atoms with E-state index in [-0.39, 0.29) is 12.7 Å². The van der Waals surface area contributed by atoms with Crippen molar-refractivity contribution in [3.8, 4) is 17.2 Å². The van der Waals surface area contributed by atoms with Crippen molar-refractivity contribution in [3.05, 3.63) is 42.1 Å². The Balaban J connectivity index is 1.49. The predicted octanol–water partition coefficient (Wildman–Crippen LogP) is 2.77. The maximum atomic E-state index is 13.7. The first-order chi connectivity index (χ1) is 16.2. The molecule has 1 amide bonds. The van der Waals surface area contributed by atoms with E-state index in [1.165, 1.54) is 0 Å². The third-order valence-corrected chi connectivity index (χ3v) is 6.12. The van der Waals surface area contributed by atoms with E-state index in [9.17, 15) is 4.79 Å². The van der Waals surface area contributed by atoms with Crippen LogP contribution in [0.15, 0.2) is 36.4 Å². The summed E-state index contributed by atoms with van der Waals surface area (Å²) in [6.07, 6.45) is 0. The van der Waals surface area contributed by atoms with Crippen LogP contribution in [0.4, 0.5) is 5.69 Å². The van der Waals surface area contributed by atoms with E-state index >= 15 is 0 Å². The number of hydrogen-bond acceptors (Lipinski definition) is 7. The molecular formula is C24H28N4O5. The van der Waals surface area contributed by atoms with Crippen LogP contribution in [0.1, 0.15) is 17.4 Å². The molecule has 0 atom stereocenters. The van der Waals surface area contributed by atoms with Gasteiger partial charge in [0, 0.05) is 43.3 Å². The van der Waals surface area contributed by atoms with Gasteiger partial charge in [-0.2, -0.15) is 5.10 Å². The van der Waals surface area contributed by atoms with Crippen LogP contribution < -0.4 is 19.1 Å². The minimum Gasteiger partial charge on any atom is -0.494 e. The topological polar surface area (TPSA) is 78.3 Å². The fraction of sp³-hybridized carbons (Fsp3) is 0.417. The monoisotopic (exact) mass is 452 g/mol. The van der Waals surface area contributed by atoms with E-state index in [0.717, 1.165) is 49.4 Å². The zero-order chi connectivity index (χ0) is 22.8. The summed E-state index contributed by atoms with van der Waals surface area (Å²) < 4.78 is 23.9. The number of aromatic nitrogens is 2. The lowest BCUT2D eigenvalue weighted by Gasteiger charge is -2.26. The second-order valence-electron chi connectivity index (χ2n) is 7.97. The number of nitrogens with zero attached hydrogens (tertiary/aromatic N) is 4. The highest BCUT2D eigenvalue weighted by Crippen LogP contribution is 2.36. The Kier molecular flexibility index (Phi) is 6.06. The van der Waals surface area contributed by atoms with E-state index in [1.807, 2.05) is 48.0 Å². The van der Waals surface area contributed by atoms with Gasteiger partial charge in [0.2, 0.25) is 6.79 Å². The first kappa shape index (κ1) is 21.5. The number of rotatable bonds is 7. The molecule has 2 aliphatic heterocycles. The molecule has 174 valence electrons. The summed E-state index contributed by atoms with van der Waals surface area (Å²) in [4.78, 5) is 17.8. The highest BCUT2D eigenvalue weighted by Gasteiger charge is 2.26. The molecule has 1 saturated heterocycles. The zero-order valence-corrected chi connectivity index (χ0v) is 19.0. The van der Waals surface area contributed by atoms with Crippen LogP contribution in [0.3, 0.4) is 0 Å². The number of methoxy groups -OCH3 is 1. The minimum atomic E-state index is -0.167. The van der Waals surface area contributed by atoms with Gasteiger partial charge in [0.1, 0.15) is 11.3 Å². The number of hydrogen-bond donors (Lipinski definition) is 0. The summed E-state index contributed by atoms with van der Waals surface area (Å²) in [6, 6.07) is 11.3. The molecule has 5 rings (SSSR count). The van der Waals surface area contributed by atoms with Crippen molar-refractivity contribution in [3.63, 3.8) is 0 Å². The smallest absolute Gasteiger partial charge is 0.279 e. The lowest BCUT2D eigenvalue weighted by Crippen LogP contribution is -2.38. The van der Waals surface area contributed by atoms with Crippen LogP contribution in [0.5, 0.6) is 17.2 Å². The molecule has 1 fully saturated rings. The van der Waals surface area contributed by atoms with Gasteiger partial charge < -0.3 is 23.8 Å². The Hall–Kier alpha value is -3.30. The molecule has 0 radical (unpaired) electrons. The lowest BCUT2D eigenvalue weighted by atomic mass is 10.1. The molecule has 3 aromatic rings. The molecule has 9 nitrogen and oxygen atoms in total. The number of carbonyl (C=O) groups excluding carboxylic acids is 1. The minimum absolute atomic E-state index is 0.167. The fourth-order valence-electron chi connectivity index (χ4n) is 4.37. The van der Waals surface area contributed by atoms with Gasteiger partial charge in [-0.1, -0.05) is 12.1 Å². The molecule has 2 aliphatic rings. The fourth-order valence-corrected chi connectivity index (χ4v) is 4.37. The van der Waals surface area contributed by atoms with E-state index in [0.29, 0.717) is 36.0 Å². The number of para-hydroxylation sites is 1. The number of carbonyl (C=O) groups is 1. The number of benzene rings is 2. The Morgan fingerprint density at radius 2 is 1.94 bits per heavy atom. The van der Waals surface area contributed by atoms with E-state index in [4.69, 9.17) is 24.0 Å². The number of ether oxygens (including phenoxy) is 4. The van der Waals surface area contributed by atoms with Crippen molar-refractivity contribution in [1.29, 1.82) is 0 Å². The van der Waals surface area contributed by atoms with Crippen molar-refractivity contribution < 1.29 is 23.7 Å². The SMILES string of the molecule is CCN(C(=O)c1nn(CCN2CCOCC2)c2c(OC)cccc12)c1ccc2c(c1)OCO2. The molecule has 0 saturated carbocycles. The van der Waals surface area contributed by atoms with Crippen LogP contribution in [-0.2, 0) is 11.3 Å². The van der Waals surface area contributed by atoms with Crippen molar-refractivity contribution in [1.82, 2.24) is 14.7 Å². The Labute approximate surface area is 192 Å². The largest absolute Gasteiger partial charge is 0.494 e. The molecule has 33 heavy (non-hydrogen) atoms. The number of amides is 1. The second kappa shape index (κ2) is 9.29. The Bertz CT molecular complexity index is 1160. The summed E-state index contributed by atoms with van der Waals surface area (Å²) in [5.74, 6) is 1.86. The third kappa shape index (κ3) is 4.09. The molecule has 2 aromatic carbocycles. The van der Waals surface area contributed by atoms with Crippen molar-refractivity contribution in [2.75, 3.05) is 58.2 Å². The summed E-state index contributed by atoms with van der Waals surface area (Å²) >= 11 is 0. The molecule has 1 aromatic heterocycles. The number of anilines is 1. The van der Waals surface area contributed by atoms with Gasteiger partial charge in [-0.05, 0) is 25.1 Å². The Morgan fingerprint density at radius 3 is 2.73 bits per heavy atom. The van der Waals surface area contributed by atoms with E-state index in [1.54, 1.807) is 12.0 Å². The molecule has 0 spiro atoms. The molecule has 9 heteroatoms. The molecular weight excluding hydrogens is 424 g/mol. The zero-order valence-electron chi connectivity index (χ0n) is 19.0. The lowest BCUT2D eigenvalue weighted by molar-refractivity contribution is 0.0361. The summed E-state index contributed by atoms with van der Waals surface area (Å²) in [5.41, 5.74) is 1.98. The number of fused-ring (bicyclic) bond motifs is 2. The van der Waals surface area contributed by atoms with Crippen LogP contribution in [0, 0.1) is 0 Å². The van der Waals surface area contributed by atoms with Crippen molar-refractivity contribution in [2.24, 2.45) is 0 Å². The normalized spacial score (nSPS) is 15.7. The van der Waals surface area contributed by atoms with Gasteiger partial charge in [0.05, 0.1) is 26.9 Å². The predicted molar refractivity (Wildman–Crippen MR) is 123 cm³/mol. The summed E-state index contributed by atoms with van der Waals surface area (Å²) in [7, 11) is 1.64. The standard InChI is InChI=1S/C24H28N4O5/c1-3-27(17-7-8-19-21(15-17)33-16-32-19)24(29)22-18-5-4-6-20(30-2)23(18)28(25-22)10-9-26-11-13-31-14-12-26/h4-8,15H,3,9-14,16H2,1-2H3.